The smallest absolute Gasteiger partial charge is 0.156 e. The first-order valence-electron chi connectivity index (χ1n) is 10.5. The SMILES string of the molecule is c1ccc2cc3c(-c4cc5ccccc5o4)nnc(-c4cc5ccccc5o4)c3cc2c1. The highest BCUT2D eigenvalue weighted by Gasteiger charge is 2.18. The molecule has 3 aromatic heterocycles. The minimum atomic E-state index is 0.704. The molecule has 0 N–H and O–H groups in total. The Bertz CT molecular complexity index is 1590. The highest BCUT2D eigenvalue weighted by molar-refractivity contribution is 6.08. The number of fused-ring (bicyclic) bond motifs is 4. The zero-order valence-corrected chi connectivity index (χ0v) is 16.9. The molecule has 4 aromatic carbocycles. The fourth-order valence-corrected chi connectivity index (χ4v) is 4.40. The van der Waals surface area contributed by atoms with Crippen LogP contribution in [0.25, 0.3) is 66.4 Å². The standard InChI is InChI=1S/C28H16N2O2/c1-2-8-18-14-22-21(13-17(18)7-1)27(25-15-19-9-3-5-11-23(19)31-25)29-30-28(22)26-16-20-10-4-6-12-24(20)32-26/h1-16H. The predicted molar refractivity (Wildman–Crippen MR) is 127 cm³/mol. The lowest BCUT2D eigenvalue weighted by atomic mass is 10.0. The van der Waals surface area contributed by atoms with Crippen LogP contribution in [0.4, 0.5) is 0 Å². The highest BCUT2D eigenvalue weighted by Crippen LogP contribution is 2.38. The van der Waals surface area contributed by atoms with E-state index in [1.165, 1.54) is 0 Å². The van der Waals surface area contributed by atoms with Crippen molar-refractivity contribution >= 4 is 43.5 Å². The number of para-hydroxylation sites is 2. The summed E-state index contributed by atoms with van der Waals surface area (Å²) in [5.41, 5.74) is 3.11. The van der Waals surface area contributed by atoms with Crippen LogP contribution in [0, 0.1) is 0 Å². The minimum Gasteiger partial charge on any atom is -0.454 e. The van der Waals surface area contributed by atoms with Crippen LogP contribution in [-0.2, 0) is 0 Å². The summed E-state index contributed by atoms with van der Waals surface area (Å²) in [7, 11) is 0. The van der Waals surface area contributed by atoms with Crippen molar-refractivity contribution in [3.05, 3.63) is 97.1 Å². The third-order valence-corrected chi connectivity index (χ3v) is 5.96. The van der Waals surface area contributed by atoms with E-state index in [1.54, 1.807) is 0 Å². The number of furan rings is 2. The first-order chi connectivity index (χ1) is 15.8. The molecular formula is C28H16N2O2. The second-order valence-corrected chi connectivity index (χ2v) is 7.94. The van der Waals surface area contributed by atoms with Crippen molar-refractivity contribution in [2.24, 2.45) is 0 Å². The maximum absolute atomic E-state index is 6.14. The summed E-state index contributed by atoms with van der Waals surface area (Å²) in [6, 6.07) is 32.6. The van der Waals surface area contributed by atoms with Gasteiger partial charge in [0.05, 0.1) is 0 Å². The molecule has 7 rings (SSSR count). The van der Waals surface area contributed by atoms with E-state index in [-0.39, 0.29) is 0 Å². The van der Waals surface area contributed by atoms with Gasteiger partial charge < -0.3 is 8.83 Å². The molecule has 0 saturated carbocycles. The third-order valence-electron chi connectivity index (χ3n) is 5.96. The van der Waals surface area contributed by atoms with Gasteiger partial charge in [0, 0.05) is 21.5 Å². The molecule has 4 heteroatoms. The molecule has 0 aliphatic rings. The Labute approximate surface area is 182 Å². The lowest BCUT2D eigenvalue weighted by Gasteiger charge is -2.08. The van der Waals surface area contributed by atoms with Crippen molar-refractivity contribution in [3.8, 4) is 22.9 Å². The molecule has 0 aliphatic carbocycles. The van der Waals surface area contributed by atoms with E-state index < -0.39 is 0 Å². The number of hydrogen-bond donors (Lipinski definition) is 0. The summed E-state index contributed by atoms with van der Waals surface area (Å²) >= 11 is 0. The van der Waals surface area contributed by atoms with Crippen molar-refractivity contribution in [1.82, 2.24) is 10.2 Å². The van der Waals surface area contributed by atoms with E-state index in [0.717, 1.165) is 54.9 Å². The van der Waals surface area contributed by atoms with Crippen LogP contribution in [0.2, 0.25) is 0 Å². The highest BCUT2D eigenvalue weighted by atomic mass is 16.3. The minimum absolute atomic E-state index is 0.704. The van der Waals surface area contributed by atoms with Gasteiger partial charge in [0.2, 0.25) is 0 Å². The maximum atomic E-state index is 6.14. The van der Waals surface area contributed by atoms with E-state index in [4.69, 9.17) is 8.83 Å². The van der Waals surface area contributed by atoms with Gasteiger partial charge in [0.15, 0.2) is 11.5 Å². The lowest BCUT2D eigenvalue weighted by Crippen LogP contribution is -1.94. The summed E-state index contributed by atoms with van der Waals surface area (Å²) in [4.78, 5) is 0. The Morgan fingerprint density at radius 3 is 1.28 bits per heavy atom. The molecule has 150 valence electrons. The predicted octanol–water partition coefficient (Wildman–Crippen LogP) is 7.61. The van der Waals surface area contributed by atoms with Crippen molar-refractivity contribution < 1.29 is 8.83 Å². The van der Waals surface area contributed by atoms with Crippen LogP contribution in [0.3, 0.4) is 0 Å². The average molecular weight is 412 g/mol. The van der Waals surface area contributed by atoms with Gasteiger partial charge in [-0.15, -0.1) is 10.2 Å². The summed E-state index contributed by atoms with van der Waals surface area (Å²) in [6.45, 7) is 0. The average Bonchev–Trinajstić information content (AvgIpc) is 3.46. The van der Waals surface area contributed by atoms with Gasteiger partial charge in [-0.1, -0.05) is 60.7 Å². The summed E-state index contributed by atoms with van der Waals surface area (Å²) in [6.07, 6.45) is 0. The number of hydrogen-bond acceptors (Lipinski definition) is 4. The van der Waals surface area contributed by atoms with Crippen LogP contribution in [0.1, 0.15) is 0 Å². The van der Waals surface area contributed by atoms with E-state index in [9.17, 15) is 0 Å². The first-order valence-corrected chi connectivity index (χ1v) is 10.5. The number of nitrogens with zero attached hydrogens (tertiary/aromatic N) is 2. The Morgan fingerprint density at radius 1 is 0.438 bits per heavy atom. The second kappa shape index (κ2) is 6.53. The van der Waals surface area contributed by atoms with Crippen LogP contribution < -0.4 is 0 Å². The fraction of sp³-hybridized carbons (Fsp3) is 0. The summed E-state index contributed by atoms with van der Waals surface area (Å²) in [5, 5.41) is 15.6. The van der Waals surface area contributed by atoms with Gasteiger partial charge in [-0.25, -0.2) is 0 Å². The Hall–Kier alpha value is -4.44. The molecule has 3 heterocycles. The lowest BCUT2D eigenvalue weighted by molar-refractivity contribution is 0.623. The number of aromatic nitrogens is 2. The van der Waals surface area contributed by atoms with Gasteiger partial charge in [-0.2, -0.15) is 0 Å². The Balaban J connectivity index is 1.55. The molecule has 0 amide bonds. The topological polar surface area (TPSA) is 52.1 Å². The van der Waals surface area contributed by atoms with Crippen LogP contribution in [-0.4, -0.2) is 10.2 Å². The van der Waals surface area contributed by atoms with Crippen molar-refractivity contribution in [2.45, 2.75) is 0 Å². The molecule has 0 spiro atoms. The van der Waals surface area contributed by atoms with E-state index in [0.29, 0.717) is 11.5 Å². The second-order valence-electron chi connectivity index (χ2n) is 7.94. The molecule has 0 atom stereocenters. The van der Waals surface area contributed by atoms with Crippen molar-refractivity contribution in [1.29, 1.82) is 0 Å². The molecule has 0 radical (unpaired) electrons. The summed E-state index contributed by atoms with van der Waals surface area (Å²) < 4.78 is 12.3. The Kier molecular flexibility index (Phi) is 3.52. The number of benzene rings is 4. The molecule has 0 saturated heterocycles. The molecule has 7 aromatic rings. The largest absolute Gasteiger partial charge is 0.454 e. The van der Waals surface area contributed by atoms with Crippen LogP contribution >= 0.6 is 0 Å². The molecule has 0 fully saturated rings. The third kappa shape index (κ3) is 2.56. The molecular weight excluding hydrogens is 396 g/mol. The summed E-state index contributed by atoms with van der Waals surface area (Å²) in [5.74, 6) is 1.41. The van der Waals surface area contributed by atoms with Gasteiger partial charge in [0.25, 0.3) is 0 Å². The Morgan fingerprint density at radius 2 is 0.844 bits per heavy atom. The molecule has 0 aliphatic heterocycles. The van der Waals surface area contributed by atoms with E-state index in [2.05, 4.69) is 34.5 Å². The van der Waals surface area contributed by atoms with Gasteiger partial charge in [-0.05, 0) is 47.2 Å². The van der Waals surface area contributed by atoms with Crippen LogP contribution in [0.5, 0.6) is 0 Å². The maximum Gasteiger partial charge on any atom is 0.156 e. The van der Waals surface area contributed by atoms with E-state index in [1.807, 2.05) is 72.8 Å². The van der Waals surface area contributed by atoms with Crippen molar-refractivity contribution in [2.75, 3.05) is 0 Å². The number of rotatable bonds is 2. The first kappa shape index (κ1) is 17.3. The molecule has 0 bridgehead atoms. The molecule has 32 heavy (non-hydrogen) atoms. The zero-order chi connectivity index (χ0) is 21.1. The van der Waals surface area contributed by atoms with Crippen molar-refractivity contribution in [3.63, 3.8) is 0 Å². The van der Waals surface area contributed by atoms with E-state index >= 15 is 0 Å². The molecule has 4 nitrogen and oxygen atoms in total. The zero-order valence-electron chi connectivity index (χ0n) is 16.9. The van der Waals surface area contributed by atoms with Gasteiger partial charge in [0.1, 0.15) is 22.6 Å². The quantitative estimate of drug-likeness (QED) is 0.274. The molecule has 0 unspecified atom stereocenters. The monoisotopic (exact) mass is 412 g/mol. The van der Waals surface area contributed by atoms with Gasteiger partial charge in [-0.3, -0.25) is 0 Å². The normalized spacial score (nSPS) is 11.8. The van der Waals surface area contributed by atoms with Crippen LogP contribution in [0.15, 0.2) is 106 Å². The van der Waals surface area contributed by atoms with Gasteiger partial charge >= 0.3 is 0 Å². The fourth-order valence-electron chi connectivity index (χ4n) is 4.40.